The molecule has 8 heteroatoms. The quantitative estimate of drug-likeness (QED) is 0.640. The number of benzene rings is 2. The van der Waals surface area contributed by atoms with Gasteiger partial charge in [0.1, 0.15) is 10.6 Å². The average molecular weight is 495 g/mol. The number of carbonyl (C=O) groups excluding carboxylic acids is 1. The maximum absolute atomic E-state index is 13.3. The Hall–Kier alpha value is -1.90. The van der Waals surface area contributed by atoms with Gasteiger partial charge in [0.05, 0.1) is 13.2 Å². The van der Waals surface area contributed by atoms with Gasteiger partial charge in [-0.2, -0.15) is 4.31 Å². The summed E-state index contributed by atoms with van der Waals surface area (Å²) in [6.45, 7) is 2.86. The molecule has 6 nitrogen and oxygen atoms in total. The normalized spacial score (nSPS) is 16.5. The second-order valence-corrected chi connectivity index (χ2v) is 10.3. The van der Waals surface area contributed by atoms with E-state index in [1.807, 2.05) is 31.2 Å². The Labute approximate surface area is 186 Å². The van der Waals surface area contributed by atoms with Gasteiger partial charge in [-0.25, -0.2) is 8.42 Å². The van der Waals surface area contributed by atoms with E-state index in [0.717, 1.165) is 35.7 Å². The van der Waals surface area contributed by atoms with E-state index in [9.17, 15) is 13.2 Å². The van der Waals surface area contributed by atoms with Crippen LogP contribution in [0.3, 0.4) is 0 Å². The average Bonchev–Trinajstić information content (AvgIpc) is 3.03. The van der Waals surface area contributed by atoms with Crippen LogP contribution < -0.4 is 10.1 Å². The lowest BCUT2D eigenvalue weighted by Crippen LogP contribution is -2.32. The molecule has 3 rings (SSSR count). The zero-order chi connectivity index (χ0) is 21.7. The minimum atomic E-state index is -3.75. The van der Waals surface area contributed by atoms with E-state index in [0.29, 0.717) is 13.1 Å². The van der Waals surface area contributed by atoms with Crippen LogP contribution in [0.4, 0.5) is 0 Å². The van der Waals surface area contributed by atoms with E-state index in [2.05, 4.69) is 21.2 Å². The van der Waals surface area contributed by atoms with Crippen molar-refractivity contribution in [3.8, 4) is 5.75 Å². The number of halogens is 1. The molecule has 2 aromatic carbocycles. The molecule has 1 N–H and O–H groups in total. The highest BCUT2D eigenvalue weighted by Crippen LogP contribution is 2.29. The standard InChI is InChI=1S/C22H27BrN2O4S/c1-16(17-8-7-9-19(23)14-17)24-22(26)18-10-11-20(29-2)21(15-18)30(27,28)25-12-5-3-4-6-13-25/h7-11,14-16H,3-6,12-13H2,1-2H3,(H,24,26)/t16-/m1/s1. The highest BCUT2D eigenvalue weighted by molar-refractivity contribution is 9.10. The van der Waals surface area contributed by atoms with Gasteiger partial charge in [-0.3, -0.25) is 4.79 Å². The van der Waals surface area contributed by atoms with Crippen molar-refractivity contribution < 1.29 is 17.9 Å². The van der Waals surface area contributed by atoms with Crippen LogP contribution in [0.2, 0.25) is 0 Å². The molecule has 1 aliphatic heterocycles. The van der Waals surface area contributed by atoms with Crippen LogP contribution in [-0.2, 0) is 10.0 Å². The molecule has 0 spiro atoms. The molecular weight excluding hydrogens is 468 g/mol. The van der Waals surface area contributed by atoms with Crippen LogP contribution in [-0.4, -0.2) is 38.8 Å². The van der Waals surface area contributed by atoms with Gasteiger partial charge in [0.2, 0.25) is 10.0 Å². The van der Waals surface area contributed by atoms with Crippen molar-refractivity contribution in [2.24, 2.45) is 0 Å². The number of nitrogens with zero attached hydrogens (tertiary/aromatic N) is 1. The molecule has 1 atom stereocenters. The lowest BCUT2D eigenvalue weighted by atomic mass is 10.1. The summed E-state index contributed by atoms with van der Waals surface area (Å²) in [5, 5.41) is 2.94. The van der Waals surface area contributed by atoms with Crippen molar-refractivity contribution in [1.82, 2.24) is 9.62 Å². The van der Waals surface area contributed by atoms with E-state index >= 15 is 0 Å². The molecule has 0 saturated carbocycles. The van der Waals surface area contributed by atoms with E-state index in [1.165, 1.54) is 17.5 Å². The Morgan fingerprint density at radius 1 is 1.10 bits per heavy atom. The topological polar surface area (TPSA) is 75.7 Å². The van der Waals surface area contributed by atoms with E-state index < -0.39 is 10.0 Å². The summed E-state index contributed by atoms with van der Waals surface area (Å²) in [7, 11) is -2.31. The first kappa shape index (κ1) is 22.8. The number of nitrogens with one attached hydrogen (secondary N) is 1. The first-order valence-electron chi connectivity index (χ1n) is 10.1. The molecule has 30 heavy (non-hydrogen) atoms. The fourth-order valence-corrected chi connectivity index (χ4v) is 5.70. The molecule has 162 valence electrons. The SMILES string of the molecule is COc1ccc(C(=O)N[C@H](C)c2cccc(Br)c2)cc1S(=O)(=O)N1CCCCCC1. The molecule has 1 amide bonds. The first-order chi connectivity index (χ1) is 14.3. The monoisotopic (exact) mass is 494 g/mol. The lowest BCUT2D eigenvalue weighted by Gasteiger charge is -2.22. The number of hydrogen-bond acceptors (Lipinski definition) is 4. The number of methoxy groups -OCH3 is 1. The number of sulfonamides is 1. The predicted octanol–water partition coefficient (Wildman–Crippen LogP) is 4.51. The highest BCUT2D eigenvalue weighted by Gasteiger charge is 2.29. The molecule has 0 unspecified atom stereocenters. The Bertz CT molecular complexity index is 1000. The van der Waals surface area contributed by atoms with Crippen molar-refractivity contribution in [3.63, 3.8) is 0 Å². The minimum absolute atomic E-state index is 0.0367. The smallest absolute Gasteiger partial charge is 0.251 e. The van der Waals surface area contributed by atoms with Crippen molar-refractivity contribution in [3.05, 3.63) is 58.1 Å². The third-order valence-corrected chi connectivity index (χ3v) is 7.72. The molecule has 1 heterocycles. The molecule has 1 aliphatic rings. The summed E-state index contributed by atoms with van der Waals surface area (Å²) in [6.07, 6.45) is 3.73. The fourth-order valence-electron chi connectivity index (χ4n) is 3.58. The van der Waals surface area contributed by atoms with Gasteiger partial charge in [0.15, 0.2) is 0 Å². The fraction of sp³-hybridized carbons (Fsp3) is 0.409. The number of rotatable bonds is 6. The summed E-state index contributed by atoms with van der Waals surface area (Å²) in [5.74, 6) is -0.0896. The summed E-state index contributed by atoms with van der Waals surface area (Å²) in [5.41, 5.74) is 1.23. The molecule has 0 aromatic heterocycles. The third kappa shape index (κ3) is 5.22. The van der Waals surface area contributed by atoms with Crippen LogP contribution in [0.5, 0.6) is 5.75 Å². The Morgan fingerprint density at radius 2 is 1.80 bits per heavy atom. The number of hydrogen-bond donors (Lipinski definition) is 1. The number of amides is 1. The predicted molar refractivity (Wildman–Crippen MR) is 120 cm³/mol. The van der Waals surface area contributed by atoms with E-state index in [-0.39, 0.29) is 28.2 Å². The van der Waals surface area contributed by atoms with Gasteiger partial charge >= 0.3 is 0 Å². The zero-order valence-electron chi connectivity index (χ0n) is 17.2. The third-order valence-electron chi connectivity index (χ3n) is 5.30. The van der Waals surface area contributed by atoms with E-state index in [4.69, 9.17) is 4.74 Å². The minimum Gasteiger partial charge on any atom is -0.495 e. The molecule has 0 aliphatic carbocycles. The van der Waals surface area contributed by atoms with Gasteiger partial charge in [0, 0.05) is 23.1 Å². The number of carbonyl (C=O) groups is 1. The molecule has 0 radical (unpaired) electrons. The maximum atomic E-state index is 13.3. The molecule has 1 saturated heterocycles. The summed E-state index contributed by atoms with van der Waals surface area (Å²) < 4.78 is 34.3. The van der Waals surface area contributed by atoms with Crippen LogP contribution in [0.1, 0.15) is 54.6 Å². The molecule has 2 aromatic rings. The van der Waals surface area contributed by atoms with Crippen molar-refractivity contribution in [2.45, 2.75) is 43.5 Å². The van der Waals surface area contributed by atoms with Gasteiger partial charge in [-0.05, 0) is 55.7 Å². The largest absolute Gasteiger partial charge is 0.495 e. The van der Waals surface area contributed by atoms with Gasteiger partial charge in [-0.15, -0.1) is 0 Å². The second kappa shape index (κ2) is 9.94. The summed E-state index contributed by atoms with van der Waals surface area (Å²) in [6, 6.07) is 12.0. The van der Waals surface area contributed by atoms with Crippen molar-refractivity contribution >= 4 is 31.9 Å². The molecular formula is C22H27BrN2O4S. The van der Waals surface area contributed by atoms with E-state index in [1.54, 1.807) is 12.1 Å². The number of ether oxygens (including phenoxy) is 1. The Balaban J connectivity index is 1.87. The summed E-state index contributed by atoms with van der Waals surface area (Å²) >= 11 is 3.43. The Kier molecular flexibility index (Phi) is 7.55. The second-order valence-electron chi connectivity index (χ2n) is 7.43. The summed E-state index contributed by atoms with van der Waals surface area (Å²) in [4.78, 5) is 12.9. The zero-order valence-corrected chi connectivity index (χ0v) is 19.6. The maximum Gasteiger partial charge on any atom is 0.251 e. The van der Waals surface area contributed by atoms with Gasteiger partial charge in [-0.1, -0.05) is 40.9 Å². The molecule has 1 fully saturated rings. The highest BCUT2D eigenvalue weighted by atomic mass is 79.9. The van der Waals surface area contributed by atoms with Crippen LogP contribution in [0.15, 0.2) is 51.8 Å². The van der Waals surface area contributed by atoms with Crippen LogP contribution >= 0.6 is 15.9 Å². The van der Waals surface area contributed by atoms with Crippen molar-refractivity contribution in [1.29, 1.82) is 0 Å². The molecule has 0 bridgehead atoms. The lowest BCUT2D eigenvalue weighted by molar-refractivity contribution is 0.0939. The van der Waals surface area contributed by atoms with Gasteiger partial charge in [0.25, 0.3) is 5.91 Å². The first-order valence-corrected chi connectivity index (χ1v) is 12.3. The Morgan fingerprint density at radius 3 is 2.43 bits per heavy atom. The van der Waals surface area contributed by atoms with Gasteiger partial charge < -0.3 is 10.1 Å². The van der Waals surface area contributed by atoms with Crippen LogP contribution in [0, 0.1) is 0 Å². The van der Waals surface area contributed by atoms with Crippen molar-refractivity contribution in [2.75, 3.05) is 20.2 Å². The van der Waals surface area contributed by atoms with Crippen LogP contribution in [0.25, 0.3) is 0 Å².